The molecule has 0 amide bonds. The lowest BCUT2D eigenvalue weighted by atomic mass is 9.96. The lowest BCUT2D eigenvalue weighted by Crippen LogP contribution is -2.02. The molecule has 0 nitrogen and oxygen atoms in total. The van der Waals surface area contributed by atoms with Gasteiger partial charge in [0.2, 0.25) is 0 Å². The molecule has 1 heterocycles. The zero-order valence-electron chi connectivity index (χ0n) is 10.6. The summed E-state index contributed by atoms with van der Waals surface area (Å²) in [6, 6.07) is 0. The Bertz CT molecular complexity index is 128. The largest absolute Gasteiger partial charge is 0.158 e. The summed E-state index contributed by atoms with van der Waals surface area (Å²) in [5.41, 5.74) is 0. The lowest BCUT2D eigenvalue weighted by molar-refractivity contribution is 0.471. The Kier molecular flexibility index (Phi) is 7.60. The number of hydrogen-bond acceptors (Lipinski definition) is 1. The van der Waals surface area contributed by atoms with Crippen molar-refractivity contribution in [3.8, 4) is 0 Å². The molecule has 2 unspecified atom stereocenters. The van der Waals surface area contributed by atoms with E-state index >= 15 is 0 Å². The van der Waals surface area contributed by atoms with E-state index in [1.54, 1.807) is 0 Å². The smallest absolute Gasteiger partial charge is 0.00500 e. The predicted molar refractivity (Wildman–Crippen MR) is 72.6 cm³/mol. The van der Waals surface area contributed by atoms with Crippen LogP contribution in [0.25, 0.3) is 0 Å². The molecule has 0 saturated carbocycles. The van der Waals surface area contributed by atoms with Crippen LogP contribution in [-0.4, -0.2) is 11.0 Å². The number of unbranched alkanes of at least 4 members (excludes halogenated alkanes) is 4. The van der Waals surface area contributed by atoms with Crippen LogP contribution in [0.5, 0.6) is 0 Å². The van der Waals surface area contributed by atoms with Crippen LogP contribution in [0.1, 0.15) is 71.6 Å². The summed E-state index contributed by atoms with van der Waals surface area (Å²) >= 11 is 2.26. The molecule has 0 aromatic rings. The van der Waals surface area contributed by atoms with Crippen LogP contribution in [0, 0.1) is 5.92 Å². The SMILES string of the molecule is CCCCCC1CSC(CCCCC)C1. The van der Waals surface area contributed by atoms with Crippen LogP contribution in [0.3, 0.4) is 0 Å². The summed E-state index contributed by atoms with van der Waals surface area (Å²) in [6.07, 6.45) is 13.1. The minimum Gasteiger partial charge on any atom is -0.158 e. The fourth-order valence-corrected chi connectivity index (χ4v) is 4.08. The highest BCUT2D eigenvalue weighted by Crippen LogP contribution is 2.36. The van der Waals surface area contributed by atoms with Crippen molar-refractivity contribution in [2.24, 2.45) is 5.92 Å². The van der Waals surface area contributed by atoms with E-state index in [9.17, 15) is 0 Å². The molecule has 15 heavy (non-hydrogen) atoms. The van der Waals surface area contributed by atoms with E-state index in [0.29, 0.717) is 0 Å². The average molecular weight is 228 g/mol. The van der Waals surface area contributed by atoms with E-state index < -0.39 is 0 Å². The summed E-state index contributed by atoms with van der Waals surface area (Å²) in [6.45, 7) is 4.60. The first-order valence-electron chi connectivity index (χ1n) is 6.98. The Morgan fingerprint density at radius 2 is 1.60 bits per heavy atom. The van der Waals surface area contributed by atoms with E-state index in [1.165, 1.54) is 63.5 Å². The van der Waals surface area contributed by atoms with Gasteiger partial charge in [0, 0.05) is 5.25 Å². The minimum absolute atomic E-state index is 1.02. The summed E-state index contributed by atoms with van der Waals surface area (Å²) < 4.78 is 0. The first kappa shape index (κ1) is 13.4. The van der Waals surface area contributed by atoms with E-state index in [0.717, 1.165) is 11.2 Å². The maximum Gasteiger partial charge on any atom is 0.00500 e. The molecule has 0 bridgehead atoms. The third-order valence-corrected chi connectivity index (χ3v) is 5.07. The lowest BCUT2D eigenvalue weighted by Gasteiger charge is -2.09. The first-order chi connectivity index (χ1) is 7.36. The van der Waals surface area contributed by atoms with Crippen molar-refractivity contribution < 1.29 is 0 Å². The second-order valence-corrected chi connectivity index (χ2v) is 6.38. The molecule has 0 N–H and O–H groups in total. The van der Waals surface area contributed by atoms with E-state index in [2.05, 4.69) is 25.6 Å². The molecule has 0 aromatic heterocycles. The Hall–Kier alpha value is 0.350. The van der Waals surface area contributed by atoms with Crippen LogP contribution < -0.4 is 0 Å². The van der Waals surface area contributed by atoms with E-state index in [-0.39, 0.29) is 0 Å². The predicted octanol–water partition coefficient (Wildman–Crippen LogP) is 5.27. The molecule has 2 atom stereocenters. The molecule has 0 radical (unpaired) electrons. The van der Waals surface area contributed by atoms with E-state index in [4.69, 9.17) is 0 Å². The molecule has 1 fully saturated rings. The summed E-state index contributed by atoms with van der Waals surface area (Å²) in [4.78, 5) is 0. The van der Waals surface area contributed by atoms with Gasteiger partial charge in [0.05, 0.1) is 0 Å². The Labute approximate surface area is 101 Å². The van der Waals surface area contributed by atoms with Crippen LogP contribution in [0.4, 0.5) is 0 Å². The van der Waals surface area contributed by atoms with Crippen molar-refractivity contribution in [1.29, 1.82) is 0 Å². The fraction of sp³-hybridized carbons (Fsp3) is 1.00. The zero-order valence-corrected chi connectivity index (χ0v) is 11.5. The molecule has 1 saturated heterocycles. The topological polar surface area (TPSA) is 0 Å². The highest BCUT2D eigenvalue weighted by molar-refractivity contribution is 8.00. The molecule has 1 aliphatic heterocycles. The molecule has 0 aromatic carbocycles. The van der Waals surface area contributed by atoms with Gasteiger partial charge in [-0.1, -0.05) is 52.4 Å². The van der Waals surface area contributed by atoms with E-state index in [1.807, 2.05) is 0 Å². The van der Waals surface area contributed by atoms with Gasteiger partial charge in [-0.3, -0.25) is 0 Å². The van der Waals surface area contributed by atoms with Gasteiger partial charge in [-0.2, -0.15) is 11.8 Å². The Balaban J connectivity index is 1.99. The van der Waals surface area contributed by atoms with Gasteiger partial charge in [-0.25, -0.2) is 0 Å². The normalized spacial score (nSPS) is 26.0. The van der Waals surface area contributed by atoms with Crippen molar-refractivity contribution >= 4 is 11.8 Å². The van der Waals surface area contributed by atoms with Gasteiger partial charge < -0.3 is 0 Å². The van der Waals surface area contributed by atoms with Crippen LogP contribution in [0.15, 0.2) is 0 Å². The maximum atomic E-state index is 2.30. The molecular weight excluding hydrogens is 200 g/mol. The number of hydrogen-bond donors (Lipinski definition) is 0. The third-order valence-electron chi connectivity index (χ3n) is 3.51. The molecular formula is C14H28S. The molecule has 1 rings (SSSR count). The fourth-order valence-electron chi connectivity index (χ4n) is 2.49. The minimum atomic E-state index is 1.02. The van der Waals surface area contributed by atoms with Crippen molar-refractivity contribution in [3.05, 3.63) is 0 Å². The summed E-state index contributed by atoms with van der Waals surface area (Å²) in [5.74, 6) is 2.52. The highest BCUT2D eigenvalue weighted by Gasteiger charge is 2.23. The molecule has 0 spiro atoms. The highest BCUT2D eigenvalue weighted by atomic mass is 32.2. The maximum absolute atomic E-state index is 2.30. The average Bonchev–Trinajstić information content (AvgIpc) is 2.67. The molecule has 1 aliphatic rings. The van der Waals surface area contributed by atoms with Gasteiger partial charge in [0.1, 0.15) is 0 Å². The number of thioether (sulfide) groups is 1. The van der Waals surface area contributed by atoms with Crippen LogP contribution in [-0.2, 0) is 0 Å². The summed E-state index contributed by atoms with van der Waals surface area (Å²) in [7, 11) is 0. The molecule has 0 aliphatic carbocycles. The standard InChI is InChI=1S/C14H28S/c1-3-5-7-9-13-11-14(15-12-13)10-8-6-4-2/h13-14H,3-12H2,1-2H3. The van der Waals surface area contributed by atoms with Crippen molar-refractivity contribution in [1.82, 2.24) is 0 Å². The second-order valence-electron chi connectivity index (χ2n) is 5.05. The first-order valence-corrected chi connectivity index (χ1v) is 8.03. The van der Waals surface area contributed by atoms with Gasteiger partial charge in [-0.15, -0.1) is 0 Å². The second kappa shape index (κ2) is 8.50. The quantitative estimate of drug-likeness (QED) is 0.510. The monoisotopic (exact) mass is 228 g/mol. The molecule has 90 valence electrons. The van der Waals surface area contributed by atoms with Gasteiger partial charge in [0.15, 0.2) is 0 Å². The van der Waals surface area contributed by atoms with Crippen molar-refractivity contribution in [3.63, 3.8) is 0 Å². The zero-order chi connectivity index (χ0) is 10.9. The van der Waals surface area contributed by atoms with Crippen molar-refractivity contribution in [2.45, 2.75) is 76.9 Å². The number of rotatable bonds is 8. The van der Waals surface area contributed by atoms with Crippen molar-refractivity contribution in [2.75, 3.05) is 5.75 Å². The summed E-state index contributed by atoms with van der Waals surface area (Å²) in [5, 5.41) is 1.02. The van der Waals surface area contributed by atoms with Crippen LogP contribution >= 0.6 is 11.8 Å². The molecule has 1 heteroatoms. The van der Waals surface area contributed by atoms with Crippen LogP contribution in [0.2, 0.25) is 0 Å². The Morgan fingerprint density at radius 1 is 0.933 bits per heavy atom. The Morgan fingerprint density at radius 3 is 2.27 bits per heavy atom. The van der Waals surface area contributed by atoms with Gasteiger partial charge >= 0.3 is 0 Å². The third kappa shape index (κ3) is 5.85. The van der Waals surface area contributed by atoms with Gasteiger partial charge in [0.25, 0.3) is 0 Å². The van der Waals surface area contributed by atoms with Gasteiger partial charge in [-0.05, 0) is 30.9 Å².